The van der Waals surface area contributed by atoms with Crippen LogP contribution in [0.5, 0.6) is 0 Å². The number of benzene rings is 1. The summed E-state index contributed by atoms with van der Waals surface area (Å²) in [7, 11) is 0. The molecular weight excluding hydrogens is 324 g/mol. The fraction of sp³-hybridized carbons (Fsp3) is 0.389. The average molecular weight is 347 g/mol. The number of pyridine rings is 1. The van der Waals surface area contributed by atoms with E-state index in [4.69, 9.17) is 0 Å². The van der Waals surface area contributed by atoms with Gasteiger partial charge in [-0.1, -0.05) is 37.3 Å². The molecule has 2 nitrogen and oxygen atoms in total. The Morgan fingerprint density at radius 3 is 2.67 bits per heavy atom. The van der Waals surface area contributed by atoms with E-state index in [0.29, 0.717) is 6.04 Å². The van der Waals surface area contributed by atoms with Crippen LogP contribution in [0.15, 0.2) is 53.1 Å². The Hall–Kier alpha value is -1.19. The predicted molar refractivity (Wildman–Crippen MR) is 92.4 cm³/mol. The molecule has 1 aromatic heterocycles. The van der Waals surface area contributed by atoms with Crippen molar-refractivity contribution >= 4 is 15.9 Å². The minimum Gasteiger partial charge on any atom is -0.309 e. The van der Waals surface area contributed by atoms with Gasteiger partial charge in [-0.2, -0.15) is 0 Å². The third-order valence-electron chi connectivity index (χ3n) is 3.56. The van der Waals surface area contributed by atoms with Gasteiger partial charge in [0.1, 0.15) is 0 Å². The molecule has 1 heterocycles. The Labute approximate surface area is 136 Å². The molecule has 0 saturated carbocycles. The molecule has 21 heavy (non-hydrogen) atoms. The highest BCUT2D eigenvalue weighted by Gasteiger charge is 2.14. The van der Waals surface area contributed by atoms with Crippen molar-refractivity contribution in [2.75, 3.05) is 6.54 Å². The number of nitrogens with zero attached hydrogens (tertiary/aromatic N) is 1. The molecule has 1 unspecified atom stereocenters. The third-order valence-corrected chi connectivity index (χ3v) is 4.23. The first-order chi connectivity index (χ1) is 10.3. The second-order valence-corrected chi connectivity index (χ2v) is 6.11. The van der Waals surface area contributed by atoms with Gasteiger partial charge in [0.2, 0.25) is 0 Å². The molecule has 1 N–H and O–H groups in total. The first-order valence-electron chi connectivity index (χ1n) is 7.69. The number of rotatable bonds is 8. The van der Waals surface area contributed by atoms with Gasteiger partial charge in [0.25, 0.3) is 0 Å². The van der Waals surface area contributed by atoms with Gasteiger partial charge in [0, 0.05) is 10.7 Å². The van der Waals surface area contributed by atoms with E-state index in [-0.39, 0.29) is 0 Å². The quantitative estimate of drug-likeness (QED) is 0.734. The van der Waals surface area contributed by atoms with E-state index in [1.54, 1.807) is 0 Å². The molecule has 1 aromatic carbocycles. The topological polar surface area (TPSA) is 24.9 Å². The largest absolute Gasteiger partial charge is 0.309 e. The standard InChI is InChI=1S/C18H23BrN2/c1-2-13-20-17(18-16(19)11-7-14-21-18)12-6-10-15-8-4-3-5-9-15/h3-5,7-9,11,14,17,20H,2,6,10,12-13H2,1H3. The van der Waals surface area contributed by atoms with E-state index in [2.05, 4.69) is 69.6 Å². The Morgan fingerprint density at radius 1 is 1.14 bits per heavy atom. The molecule has 0 spiro atoms. The number of halogens is 1. The van der Waals surface area contributed by atoms with Crippen molar-refractivity contribution in [2.45, 2.75) is 38.6 Å². The van der Waals surface area contributed by atoms with Crippen LogP contribution in [0.1, 0.15) is 43.5 Å². The molecule has 0 radical (unpaired) electrons. The van der Waals surface area contributed by atoms with Gasteiger partial charge < -0.3 is 5.32 Å². The number of aromatic nitrogens is 1. The third kappa shape index (κ3) is 5.25. The summed E-state index contributed by atoms with van der Waals surface area (Å²) in [6.45, 7) is 3.22. The van der Waals surface area contributed by atoms with Crippen molar-refractivity contribution in [1.82, 2.24) is 10.3 Å². The highest BCUT2D eigenvalue weighted by atomic mass is 79.9. The fourth-order valence-corrected chi connectivity index (χ4v) is 2.99. The smallest absolute Gasteiger partial charge is 0.0714 e. The molecule has 2 rings (SSSR count). The lowest BCUT2D eigenvalue weighted by atomic mass is 10.0. The lowest BCUT2D eigenvalue weighted by molar-refractivity contribution is 0.473. The first-order valence-corrected chi connectivity index (χ1v) is 8.48. The average Bonchev–Trinajstić information content (AvgIpc) is 2.52. The number of nitrogens with one attached hydrogen (secondary N) is 1. The van der Waals surface area contributed by atoms with E-state index in [0.717, 1.165) is 42.4 Å². The summed E-state index contributed by atoms with van der Waals surface area (Å²) in [4.78, 5) is 4.55. The van der Waals surface area contributed by atoms with Crippen molar-refractivity contribution in [3.8, 4) is 0 Å². The van der Waals surface area contributed by atoms with Gasteiger partial charge in [-0.05, 0) is 65.9 Å². The normalized spacial score (nSPS) is 12.3. The van der Waals surface area contributed by atoms with Crippen LogP contribution in [0, 0.1) is 0 Å². The first kappa shape index (κ1) is 16.2. The van der Waals surface area contributed by atoms with Crippen LogP contribution in [-0.4, -0.2) is 11.5 Å². The Bertz CT molecular complexity index is 528. The summed E-state index contributed by atoms with van der Waals surface area (Å²) in [6, 6.07) is 15.0. The van der Waals surface area contributed by atoms with E-state index in [9.17, 15) is 0 Å². The molecule has 0 aliphatic rings. The van der Waals surface area contributed by atoms with Gasteiger partial charge in [-0.25, -0.2) is 0 Å². The van der Waals surface area contributed by atoms with Crippen LogP contribution in [0.4, 0.5) is 0 Å². The minimum absolute atomic E-state index is 0.323. The van der Waals surface area contributed by atoms with Gasteiger partial charge in [-0.15, -0.1) is 0 Å². The van der Waals surface area contributed by atoms with Crippen LogP contribution in [-0.2, 0) is 6.42 Å². The second kappa shape index (κ2) is 8.96. The molecule has 112 valence electrons. The van der Waals surface area contributed by atoms with E-state index < -0.39 is 0 Å². The fourth-order valence-electron chi connectivity index (χ4n) is 2.46. The Balaban J connectivity index is 1.95. The molecule has 1 atom stereocenters. The van der Waals surface area contributed by atoms with Gasteiger partial charge in [-0.3, -0.25) is 4.98 Å². The maximum Gasteiger partial charge on any atom is 0.0714 e. The second-order valence-electron chi connectivity index (χ2n) is 5.26. The summed E-state index contributed by atoms with van der Waals surface area (Å²) in [6.07, 6.45) is 6.39. The van der Waals surface area contributed by atoms with Crippen molar-refractivity contribution in [1.29, 1.82) is 0 Å². The summed E-state index contributed by atoms with van der Waals surface area (Å²) in [5.41, 5.74) is 2.53. The molecule has 3 heteroatoms. The summed E-state index contributed by atoms with van der Waals surface area (Å²) >= 11 is 3.62. The van der Waals surface area contributed by atoms with Crippen LogP contribution < -0.4 is 5.32 Å². The Morgan fingerprint density at radius 2 is 1.95 bits per heavy atom. The highest BCUT2D eigenvalue weighted by molar-refractivity contribution is 9.10. The van der Waals surface area contributed by atoms with Crippen molar-refractivity contribution in [3.05, 3.63) is 64.4 Å². The Kier molecular flexibility index (Phi) is 6.90. The zero-order chi connectivity index (χ0) is 14.9. The zero-order valence-electron chi connectivity index (χ0n) is 12.6. The van der Waals surface area contributed by atoms with E-state index in [1.165, 1.54) is 5.56 Å². The number of hydrogen-bond donors (Lipinski definition) is 1. The minimum atomic E-state index is 0.323. The zero-order valence-corrected chi connectivity index (χ0v) is 14.1. The van der Waals surface area contributed by atoms with Crippen molar-refractivity contribution in [3.63, 3.8) is 0 Å². The van der Waals surface area contributed by atoms with Gasteiger partial charge in [0.15, 0.2) is 0 Å². The summed E-state index contributed by atoms with van der Waals surface area (Å²) < 4.78 is 1.10. The molecule has 0 amide bonds. The highest BCUT2D eigenvalue weighted by Crippen LogP contribution is 2.25. The molecule has 0 bridgehead atoms. The van der Waals surface area contributed by atoms with Crippen LogP contribution in [0.2, 0.25) is 0 Å². The van der Waals surface area contributed by atoms with Gasteiger partial charge >= 0.3 is 0 Å². The molecular formula is C18H23BrN2. The lowest BCUT2D eigenvalue weighted by Crippen LogP contribution is -2.23. The van der Waals surface area contributed by atoms with Crippen LogP contribution in [0.25, 0.3) is 0 Å². The molecule has 2 aromatic rings. The van der Waals surface area contributed by atoms with Crippen LogP contribution >= 0.6 is 15.9 Å². The molecule has 0 aliphatic heterocycles. The molecule has 0 fully saturated rings. The van der Waals surface area contributed by atoms with Crippen molar-refractivity contribution < 1.29 is 0 Å². The maximum absolute atomic E-state index is 4.55. The van der Waals surface area contributed by atoms with Gasteiger partial charge in [0.05, 0.1) is 11.7 Å². The molecule has 0 saturated heterocycles. The predicted octanol–water partition coefficient (Wildman–Crippen LogP) is 4.91. The maximum atomic E-state index is 4.55. The lowest BCUT2D eigenvalue weighted by Gasteiger charge is -2.19. The summed E-state index contributed by atoms with van der Waals surface area (Å²) in [5.74, 6) is 0. The van der Waals surface area contributed by atoms with E-state index in [1.807, 2.05) is 12.3 Å². The SMILES string of the molecule is CCCNC(CCCc1ccccc1)c1ncccc1Br. The molecule has 0 aliphatic carbocycles. The summed E-state index contributed by atoms with van der Waals surface area (Å²) in [5, 5.41) is 3.62. The van der Waals surface area contributed by atoms with E-state index >= 15 is 0 Å². The monoisotopic (exact) mass is 346 g/mol. The number of aryl methyl sites for hydroxylation is 1. The van der Waals surface area contributed by atoms with Crippen molar-refractivity contribution in [2.24, 2.45) is 0 Å². The van der Waals surface area contributed by atoms with Crippen LogP contribution in [0.3, 0.4) is 0 Å². The number of hydrogen-bond acceptors (Lipinski definition) is 2.